The fourth-order valence-electron chi connectivity index (χ4n) is 4.08. The Bertz CT molecular complexity index is 1230. The van der Waals surface area contributed by atoms with E-state index < -0.39 is 0 Å². The third-order valence-corrected chi connectivity index (χ3v) is 5.78. The number of para-hydroxylation sites is 1. The zero-order valence-electron chi connectivity index (χ0n) is 18.6. The van der Waals surface area contributed by atoms with E-state index in [-0.39, 0.29) is 6.03 Å². The molecule has 0 aliphatic carbocycles. The third kappa shape index (κ3) is 4.37. The van der Waals surface area contributed by atoms with E-state index in [0.29, 0.717) is 31.9 Å². The van der Waals surface area contributed by atoms with E-state index in [0.717, 1.165) is 46.8 Å². The Hall–Kier alpha value is -3.94. The molecule has 5 rings (SSSR count). The Kier molecular flexibility index (Phi) is 5.89. The van der Waals surface area contributed by atoms with Crippen LogP contribution in [0.2, 0.25) is 0 Å². The molecule has 8 nitrogen and oxygen atoms in total. The van der Waals surface area contributed by atoms with Crippen LogP contribution in [-0.2, 0) is 6.42 Å². The number of piperazine rings is 1. The molecule has 2 aromatic heterocycles. The number of hydrogen-bond acceptors (Lipinski definition) is 6. The molecule has 1 aliphatic rings. The summed E-state index contributed by atoms with van der Waals surface area (Å²) in [6.45, 7) is 4.63. The molecule has 2 aromatic carbocycles. The summed E-state index contributed by atoms with van der Waals surface area (Å²) in [5, 5.41) is 8.12. The van der Waals surface area contributed by atoms with Crippen molar-refractivity contribution in [1.82, 2.24) is 20.0 Å². The maximum atomic E-state index is 12.7. The van der Waals surface area contributed by atoms with Crippen molar-refractivity contribution in [3.8, 4) is 11.3 Å². The lowest BCUT2D eigenvalue weighted by atomic mass is 10.1. The molecule has 8 heteroatoms. The van der Waals surface area contributed by atoms with Crippen LogP contribution in [0.3, 0.4) is 0 Å². The Morgan fingerprint density at radius 3 is 2.36 bits per heavy atom. The number of benzene rings is 2. The van der Waals surface area contributed by atoms with Crippen LogP contribution in [0, 0.1) is 0 Å². The summed E-state index contributed by atoms with van der Waals surface area (Å²) in [6.07, 6.45) is 1.71. The monoisotopic (exact) mass is 442 g/mol. The molecule has 0 saturated carbocycles. The van der Waals surface area contributed by atoms with Gasteiger partial charge in [-0.1, -0.05) is 60.6 Å². The van der Waals surface area contributed by atoms with Gasteiger partial charge in [-0.3, -0.25) is 0 Å². The second kappa shape index (κ2) is 9.28. The van der Waals surface area contributed by atoms with Gasteiger partial charge < -0.3 is 19.6 Å². The predicted octanol–water partition coefficient (Wildman–Crippen LogP) is 4.59. The van der Waals surface area contributed by atoms with Crippen molar-refractivity contribution in [3.63, 3.8) is 0 Å². The molecule has 0 unspecified atom stereocenters. The summed E-state index contributed by atoms with van der Waals surface area (Å²) < 4.78 is 5.65. The molecule has 3 heterocycles. The van der Waals surface area contributed by atoms with E-state index in [1.54, 1.807) is 0 Å². The Balaban J connectivity index is 1.41. The van der Waals surface area contributed by atoms with Crippen LogP contribution in [0.4, 0.5) is 16.3 Å². The number of carbonyl (C=O) groups excluding carboxylic acids is 1. The van der Waals surface area contributed by atoms with Crippen LogP contribution in [-0.4, -0.2) is 52.2 Å². The first-order chi connectivity index (χ1) is 16.2. The van der Waals surface area contributed by atoms with E-state index in [9.17, 15) is 4.79 Å². The number of nitrogens with one attached hydrogen (secondary N) is 1. The van der Waals surface area contributed by atoms with Gasteiger partial charge in [0.25, 0.3) is 5.71 Å². The lowest BCUT2D eigenvalue weighted by Gasteiger charge is -2.35. The first kappa shape index (κ1) is 20.9. The van der Waals surface area contributed by atoms with Crippen LogP contribution < -0.4 is 10.2 Å². The van der Waals surface area contributed by atoms with Crippen molar-refractivity contribution in [2.75, 3.05) is 36.4 Å². The summed E-state index contributed by atoms with van der Waals surface area (Å²) in [4.78, 5) is 26.3. The highest BCUT2D eigenvalue weighted by atomic mass is 16.5. The maximum Gasteiger partial charge on any atom is 0.321 e. The number of rotatable bonds is 5. The highest BCUT2D eigenvalue weighted by Gasteiger charge is 2.27. The lowest BCUT2D eigenvalue weighted by Crippen LogP contribution is -2.50. The zero-order valence-corrected chi connectivity index (χ0v) is 18.6. The van der Waals surface area contributed by atoms with Gasteiger partial charge in [-0.25, -0.2) is 9.78 Å². The van der Waals surface area contributed by atoms with Gasteiger partial charge in [0, 0.05) is 43.9 Å². The SMILES string of the molecule is CCCc1nc(N2CCN(C(=O)Nc3ccccc3)CC2)c2c(-c3ccccc3)noc2n1. The smallest absolute Gasteiger partial charge is 0.321 e. The molecule has 1 aliphatic heterocycles. The summed E-state index contributed by atoms with van der Waals surface area (Å²) in [5.41, 5.74) is 3.01. The fourth-order valence-corrected chi connectivity index (χ4v) is 4.08. The Morgan fingerprint density at radius 2 is 1.67 bits per heavy atom. The molecular formula is C25H26N6O2. The van der Waals surface area contributed by atoms with Gasteiger partial charge in [-0.15, -0.1) is 0 Å². The van der Waals surface area contributed by atoms with Gasteiger partial charge in [0.05, 0.1) is 0 Å². The summed E-state index contributed by atoms with van der Waals surface area (Å²) >= 11 is 0. The maximum absolute atomic E-state index is 12.7. The first-order valence-corrected chi connectivity index (χ1v) is 11.3. The number of carbonyl (C=O) groups is 1. The molecule has 4 aromatic rings. The largest absolute Gasteiger partial charge is 0.352 e. The predicted molar refractivity (Wildman–Crippen MR) is 128 cm³/mol. The number of aromatic nitrogens is 3. The second-order valence-corrected chi connectivity index (χ2v) is 8.06. The molecule has 168 valence electrons. The minimum absolute atomic E-state index is 0.0877. The van der Waals surface area contributed by atoms with Gasteiger partial charge in [0.1, 0.15) is 22.7 Å². The number of amides is 2. The van der Waals surface area contributed by atoms with E-state index in [2.05, 4.69) is 27.3 Å². The number of urea groups is 1. The normalized spacial score (nSPS) is 14.0. The number of anilines is 2. The van der Waals surface area contributed by atoms with Crippen molar-refractivity contribution < 1.29 is 9.32 Å². The third-order valence-electron chi connectivity index (χ3n) is 5.78. The Morgan fingerprint density at radius 1 is 0.970 bits per heavy atom. The summed E-state index contributed by atoms with van der Waals surface area (Å²) in [5.74, 6) is 1.58. The minimum atomic E-state index is -0.0877. The summed E-state index contributed by atoms with van der Waals surface area (Å²) in [7, 11) is 0. The number of fused-ring (bicyclic) bond motifs is 1. The van der Waals surface area contributed by atoms with E-state index in [1.807, 2.05) is 65.6 Å². The molecule has 1 fully saturated rings. The molecule has 0 atom stereocenters. The molecule has 0 spiro atoms. The van der Waals surface area contributed by atoms with Crippen LogP contribution in [0.5, 0.6) is 0 Å². The van der Waals surface area contributed by atoms with E-state index in [1.165, 1.54) is 0 Å². The molecule has 1 N–H and O–H groups in total. The van der Waals surface area contributed by atoms with Crippen LogP contribution in [0.1, 0.15) is 19.2 Å². The van der Waals surface area contributed by atoms with Crippen molar-refractivity contribution in [2.24, 2.45) is 0 Å². The molecule has 0 bridgehead atoms. The zero-order chi connectivity index (χ0) is 22.6. The van der Waals surface area contributed by atoms with Gasteiger partial charge in [0.15, 0.2) is 0 Å². The number of nitrogens with zero attached hydrogens (tertiary/aromatic N) is 5. The molecule has 0 radical (unpaired) electrons. The molecule has 1 saturated heterocycles. The summed E-state index contributed by atoms with van der Waals surface area (Å²) in [6, 6.07) is 19.4. The lowest BCUT2D eigenvalue weighted by molar-refractivity contribution is 0.208. The van der Waals surface area contributed by atoms with Crippen molar-refractivity contribution in [2.45, 2.75) is 19.8 Å². The van der Waals surface area contributed by atoms with Gasteiger partial charge >= 0.3 is 6.03 Å². The van der Waals surface area contributed by atoms with Gasteiger partial charge in [-0.05, 0) is 18.6 Å². The molecular weight excluding hydrogens is 416 g/mol. The van der Waals surface area contributed by atoms with Gasteiger partial charge in [-0.2, -0.15) is 4.98 Å². The molecule has 2 amide bonds. The average Bonchev–Trinajstić information content (AvgIpc) is 3.29. The van der Waals surface area contributed by atoms with Crippen LogP contribution in [0.25, 0.3) is 22.4 Å². The number of aryl methyl sites for hydroxylation is 1. The van der Waals surface area contributed by atoms with Crippen molar-refractivity contribution >= 4 is 28.6 Å². The molecule has 33 heavy (non-hydrogen) atoms. The highest BCUT2D eigenvalue weighted by molar-refractivity contribution is 5.98. The van der Waals surface area contributed by atoms with Crippen molar-refractivity contribution in [1.29, 1.82) is 0 Å². The quantitative estimate of drug-likeness (QED) is 0.486. The van der Waals surface area contributed by atoms with Crippen LogP contribution >= 0.6 is 0 Å². The van der Waals surface area contributed by atoms with Crippen LogP contribution in [0.15, 0.2) is 65.2 Å². The minimum Gasteiger partial charge on any atom is -0.352 e. The topological polar surface area (TPSA) is 87.4 Å². The standard InChI is InChI=1S/C25H26N6O2/c1-2-9-20-27-23(21-22(29-33-24(21)28-20)18-10-5-3-6-11-18)30-14-16-31(17-15-30)25(32)26-19-12-7-4-8-13-19/h3-8,10-13H,2,9,14-17H2,1H3,(H,26,32). The average molecular weight is 443 g/mol. The van der Waals surface area contributed by atoms with Gasteiger partial charge in [0.2, 0.25) is 0 Å². The Labute approximate surface area is 192 Å². The highest BCUT2D eigenvalue weighted by Crippen LogP contribution is 2.34. The van der Waals surface area contributed by atoms with E-state index in [4.69, 9.17) is 9.51 Å². The first-order valence-electron chi connectivity index (χ1n) is 11.3. The van der Waals surface area contributed by atoms with Crippen molar-refractivity contribution in [3.05, 3.63) is 66.5 Å². The second-order valence-electron chi connectivity index (χ2n) is 8.06. The van der Waals surface area contributed by atoms with E-state index >= 15 is 0 Å². The number of hydrogen-bond donors (Lipinski definition) is 1. The fraction of sp³-hybridized carbons (Fsp3) is 0.280.